The summed E-state index contributed by atoms with van der Waals surface area (Å²) in [4.78, 5) is 16.1. The first-order valence-corrected chi connectivity index (χ1v) is 10.1. The number of carbonyl (C=O) groups excluding carboxylic acids is 1. The van der Waals surface area contributed by atoms with Gasteiger partial charge in [-0.1, -0.05) is 12.1 Å². The van der Waals surface area contributed by atoms with Crippen LogP contribution in [0.3, 0.4) is 0 Å². The average molecular weight is 368 g/mol. The molecule has 0 fully saturated rings. The number of hydrogen-bond donors (Lipinski definition) is 3. The highest BCUT2D eigenvalue weighted by Crippen LogP contribution is 2.26. The van der Waals surface area contributed by atoms with Crippen LogP contribution in [0.4, 0.5) is 10.8 Å². The molecule has 1 unspecified atom stereocenters. The predicted molar refractivity (Wildman–Crippen MR) is 97.5 cm³/mol. The molecule has 2 aromatic rings. The van der Waals surface area contributed by atoms with Gasteiger partial charge in [0.2, 0.25) is 15.9 Å². The normalized spacial score (nSPS) is 12.6. The van der Waals surface area contributed by atoms with Gasteiger partial charge in [0.1, 0.15) is 0 Å². The number of amides is 1. The number of hydrogen-bond acceptors (Lipinski definition) is 6. The molecule has 0 aliphatic rings. The van der Waals surface area contributed by atoms with Gasteiger partial charge < -0.3 is 11.1 Å². The Morgan fingerprint density at radius 3 is 2.58 bits per heavy atom. The zero-order chi connectivity index (χ0) is 17.7. The maximum Gasteiger partial charge on any atom is 0.229 e. The number of sulfonamides is 1. The van der Waals surface area contributed by atoms with Crippen molar-refractivity contribution in [3.63, 3.8) is 0 Å². The second kappa shape index (κ2) is 7.73. The van der Waals surface area contributed by atoms with Gasteiger partial charge in [-0.15, -0.1) is 11.3 Å². The Labute approximate surface area is 145 Å². The Bertz CT molecular complexity index is 798. The molecule has 7 nitrogen and oxygen atoms in total. The Morgan fingerprint density at radius 1 is 1.33 bits per heavy atom. The van der Waals surface area contributed by atoms with Crippen molar-refractivity contribution in [1.82, 2.24) is 4.98 Å². The number of nitrogens with zero attached hydrogens (tertiary/aromatic N) is 1. The maximum absolute atomic E-state index is 11.8. The summed E-state index contributed by atoms with van der Waals surface area (Å²) in [5.74, 6) is -0.110. The monoisotopic (exact) mass is 368 g/mol. The van der Waals surface area contributed by atoms with Gasteiger partial charge in [-0.2, -0.15) is 0 Å². The summed E-state index contributed by atoms with van der Waals surface area (Å²) in [6.45, 7) is 1.86. The van der Waals surface area contributed by atoms with E-state index in [4.69, 9.17) is 5.73 Å². The molecule has 0 radical (unpaired) electrons. The minimum atomic E-state index is -3.30. The third-order valence-corrected chi connectivity index (χ3v) is 4.43. The zero-order valence-electron chi connectivity index (χ0n) is 13.4. The number of rotatable bonds is 7. The third-order valence-electron chi connectivity index (χ3n) is 3.06. The molecule has 2 rings (SSSR count). The molecule has 0 spiro atoms. The van der Waals surface area contributed by atoms with E-state index in [0.717, 1.165) is 11.8 Å². The molecule has 1 atom stereocenters. The summed E-state index contributed by atoms with van der Waals surface area (Å²) in [7, 11) is -3.30. The Kier molecular flexibility index (Phi) is 5.92. The van der Waals surface area contributed by atoms with Crippen molar-refractivity contribution < 1.29 is 13.2 Å². The van der Waals surface area contributed by atoms with E-state index in [1.807, 2.05) is 12.3 Å². The molecular weight excluding hydrogens is 348 g/mol. The summed E-state index contributed by atoms with van der Waals surface area (Å²) in [5.41, 5.74) is 7.67. The second-order valence-electron chi connectivity index (χ2n) is 5.55. The lowest BCUT2D eigenvalue weighted by Gasteiger charge is -2.05. The largest absolute Gasteiger partial charge is 0.328 e. The average Bonchev–Trinajstić information content (AvgIpc) is 2.92. The SMILES string of the molecule is CC(N)CCC(=O)Nc1nc(-c2ccc(NS(C)(=O)=O)cc2)cs1. The van der Waals surface area contributed by atoms with Crippen molar-refractivity contribution >= 4 is 38.1 Å². The molecule has 1 amide bonds. The highest BCUT2D eigenvalue weighted by Gasteiger charge is 2.09. The quantitative estimate of drug-likeness (QED) is 0.693. The Hall–Kier alpha value is -1.97. The lowest BCUT2D eigenvalue weighted by atomic mass is 10.1. The molecule has 1 heterocycles. The number of anilines is 2. The van der Waals surface area contributed by atoms with Crippen LogP contribution in [-0.2, 0) is 14.8 Å². The van der Waals surface area contributed by atoms with Crippen molar-refractivity contribution in [3.05, 3.63) is 29.6 Å². The number of carbonyl (C=O) groups is 1. The molecule has 0 bridgehead atoms. The Morgan fingerprint density at radius 2 is 2.00 bits per heavy atom. The number of nitrogens with two attached hydrogens (primary N) is 1. The molecule has 1 aromatic heterocycles. The molecule has 9 heteroatoms. The van der Waals surface area contributed by atoms with E-state index in [-0.39, 0.29) is 11.9 Å². The van der Waals surface area contributed by atoms with E-state index in [2.05, 4.69) is 15.0 Å². The minimum Gasteiger partial charge on any atom is -0.328 e. The van der Waals surface area contributed by atoms with Crippen LogP contribution < -0.4 is 15.8 Å². The molecule has 0 saturated carbocycles. The van der Waals surface area contributed by atoms with Gasteiger partial charge in [0.05, 0.1) is 11.9 Å². The van der Waals surface area contributed by atoms with E-state index in [9.17, 15) is 13.2 Å². The molecule has 24 heavy (non-hydrogen) atoms. The van der Waals surface area contributed by atoms with Crippen LogP contribution >= 0.6 is 11.3 Å². The summed E-state index contributed by atoms with van der Waals surface area (Å²) < 4.78 is 24.8. The van der Waals surface area contributed by atoms with Crippen molar-refractivity contribution in [2.24, 2.45) is 5.73 Å². The maximum atomic E-state index is 11.8. The van der Waals surface area contributed by atoms with Gasteiger partial charge in [-0.25, -0.2) is 13.4 Å². The third kappa shape index (κ3) is 5.91. The fourth-order valence-corrected chi connectivity index (χ4v) is 3.23. The number of nitrogens with one attached hydrogen (secondary N) is 2. The van der Waals surface area contributed by atoms with Crippen LogP contribution in [0, 0.1) is 0 Å². The van der Waals surface area contributed by atoms with Crippen LogP contribution in [-0.4, -0.2) is 31.6 Å². The van der Waals surface area contributed by atoms with E-state index in [1.54, 1.807) is 24.3 Å². The smallest absolute Gasteiger partial charge is 0.229 e. The van der Waals surface area contributed by atoms with Crippen molar-refractivity contribution in [1.29, 1.82) is 0 Å². The first kappa shape index (κ1) is 18.4. The molecule has 1 aromatic carbocycles. The van der Waals surface area contributed by atoms with Crippen LogP contribution in [0.2, 0.25) is 0 Å². The van der Waals surface area contributed by atoms with Crippen LogP contribution in [0.1, 0.15) is 19.8 Å². The van der Waals surface area contributed by atoms with Gasteiger partial charge in [0.25, 0.3) is 0 Å². The van der Waals surface area contributed by atoms with E-state index < -0.39 is 10.0 Å². The minimum absolute atomic E-state index is 0.0123. The molecule has 0 aliphatic heterocycles. The van der Waals surface area contributed by atoms with Crippen LogP contribution in [0.15, 0.2) is 29.6 Å². The van der Waals surface area contributed by atoms with E-state index in [1.165, 1.54) is 11.3 Å². The molecule has 0 aliphatic carbocycles. The lowest BCUT2D eigenvalue weighted by molar-refractivity contribution is -0.116. The van der Waals surface area contributed by atoms with Crippen LogP contribution in [0.25, 0.3) is 11.3 Å². The fraction of sp³-hybridized carbons (Fsp3) is 0.333. The van der Waals surface area contributed by atoms with Crippen molar-refractivity contribution in [2.75, 3.05) is 16.3 Å². The van der Waals surface area contributed by atoms with Crippen molar-refractivity contribution in [3.8, 4) is 11.3 Å². The highest BCUT2D eigenvalue weighted by atomic mass is 32.2. The lowest BCUT2D eigenvalue weighted by Crippen LogP contribution is -2.19. The standard InChI is InChI=1S/C15H20N4O3S2/c1-10(16)3-8-14(20)18-15-17-13(9-23-15)11-4-6-12(7-5-11)19-24(2,21)22/h4-7,9-10,19H,3,8,16H2,1-2H3,(H,17,18,20). The topological polar surface area (TPSA) is 114 Å². The molecular formula is C15H20N4O3S2. The predicted octanol–water partition coefficient (Wildman–Crippen LogP) is 2.25. The van der Waals surface area contributed by atoms with Crippen LogP contribution in [0.5, 0.6) is 0 Å². The first-order valence-electron chi connectivity index (χ1n) is 7.32. The first-order chi connectivity index (χ1) is 11.2. The van der Waals surface area contributed by atoms with Gasteiger partial charge in [0, 0.05) is 29.1 Å². The molecule has 4 N–H and O–H groups in total. The molecule has 0 saturated heterocycles. The van der Waals surface area contributed by atoms with Crippen molar-refractivity contribution in [2.45, 2.75) is 25.8 Å². The highest BCUT2D eigenvalue weighted by molar-refractivity contribution is 7.92. The number of aromatic nitrogens is 1. The van der Waals surface area contributed by atoms with Gasteiger partial charge in [-0.05, 0) is 25.5 Å². The number of benzene rings is 1. The summed E-state index contributed by atoms with van der Waals surface area (Å²) in [5, 5.41) is 5.11. The fourth-order valence-electron chi connectivity index (χ4n) is 1.93. The second-order valence-corrected chi connectivity index (χ2v) is 8.16. The van der Waals surface area contributed by atoms with E-state index in [0.29, 0.717) is 29.4 Å². The zero-order valence-corrected chi connectivity index (χ0v) is 15.1. The summed E-state index contributed by atoms with van der Waals surface area (Å²) >= 11 is 1.34. The van der Waals surface area contributed by atoms with E-state index >= 15 is 0 Å². The van der Waals surface area contributed by atoms with Gasteiger partial charge in [0.15, 0.2) is 5.13 Å². The van der Waals surface area contributed by atoms with Gasteiger partial charge in [-0.3, -0.25) is 9.52 Å². The number of thiazole rings is 1. The molecule has 130 valence electrons. The summed E-state index contributed by atoms with van der Waals surface area (Å²) in [6.07, 6.45) is 2.08. The van der Waals surface area contributed by atoms with Gasteiger partial charge >= 0.3 is 0 Å². The summed E-state index contributed by atoms with van der Waals surface area (Å²) in [6, 6.07) is 6.85. The Balaban J connectivity index is 2.01.